The van der Waals surface area contributed by atoms with Crippen LogP contribution in [0.5, 0.6) is 0 Å². The Balaban J connectivity index is 1.98. The summed E-state index contributed by atoms with van der Waals surface area (Å²) in [6.07, 6.45) is 4.44. The molecule has 0 aliphatic heterocycles. The van der Waals surface area contributed by atoms with Crippen LogP contribution in [-0.2, 0) is 11.2 Å². The van der Waals surface area contributed by atoms with Gasteiger partial charge in [0, 0.05) is 17.6 Å². The van der Waals surface area contributed by atoms with Gasteiger partial charge < -0.3 is 11.1 Å². The number of carbonyl (C=O) groups is 1. The maximum Gasteiger partial charge on any atom is 0.226 e. The lowest BCUT2D eigenvalue weighted by atomic mass is 9.75. The van der Waals surface area contributed by atoms with Gasteiger partial charge in [0.2, 0.25) is 5.91 Å². The van der Waals surface area contributed by atoms with Gasteiger partial charge in [-0.2, -0.15) is 0 Å². The molecule has 0 aromatic heterocycles. The molecule has 3 heteroatoms. The summed E-state index contributed by atoms with van der Waals surface area (Å²) in [4.78, 5) is 11.9. The first-order chi connectivity index (χ1) is 8.13. The molecular weight excluding hydrogens is 212 g/mol. The van der Waals surface area contributed by atoms with E-state index in [1.54, 1.807) is 0 Å². The third-order valence-electron chi connectivity index (χ3n) is 3.53. The highest BCUT2D eigenvalue weighted by molar-refractivity contribution is 5.92. The van der Waals surface area contributed by atoms with Crippen molar-refractivity contribution in [3.05, 3.63) is 29.8 Å². The Hall–Kier alpha value is -1.35. The highest BCUT2D eigenvalue weighted by Crippen LogP contribution is 2.32. The van der Waals surface area contributed by atoms with Gasteiger partial charge in [-0.05, 0) is 37.3 Å². The van der Waals surface area contributed by atoms with Gasteiger partial charge in [-0.1, -0.05) is 25.1 Å². The second kappa shape index (κ2) is 4.88. The van der Waals surface area contributed by atoms with Crippen molar-refractivity contribution in [2.24, 2.45) is 5.73 Å². The van der Waals surface area contributed by atoms with Gasteiger partial charge in [-0.3, -0.25) is 4.79 Å². The van der Waals surface area contributed by atoms with E-state index in [4.69, 9.17) is 5.73 Å². The highest BCUT2D eigenvalue weighted by atomic mass is 16.1. The van der Waals surface area contributed by atoms with Crippen molar-refractivity contribution in [1.29, 1.82) is 0 Å². The van der Waals surface area contributed by atoms with Crippen LogP contribution >= 0.6 is 0 Å². The zero-order valence-electron chi connectivity index (χ0n) is 10.3. The van der Waals surface area contributed by atoms with Crippen molar-refractivity contribution in [3.8, 4) is 0 Å². The van der Waals surface area contributed by atoms with Crippen LogP contribution in [0.2, 0.25) is 0 Å². The Morgan fingerprint density at radius 1 is 1.41 bits per heavy atom. The topological polar surface area (TPSA) is 55.1 Å². The largest absolute Gasteiger partial charge is 0.326 e. The predicted molar refractivity (Wildman–Crippen MR) is 69.8 cm³/mol. The Morgan fingerprint density at radius 2 is 2.12 bits per heavy atom. The molecule has 3 nitrogen and oxygen atoms in total. The highest BCUT2D eigenvalue weighted by Gasteiger charge is 2.34. The fourth-order valence-electron chi connectivity index (χ4n) is 2.27. The van der Waals surface area contributed by atoms with Crippen LogP contribution in [0.15, 0.2) is 24.3 Å². The maximum absolute atomic E-state index is 11.9. The van der Waals surface area contributed by atoms with E-state index in [-0.39, 0.29) is 11.4 Å². The van der Waals surface area contributed by atoms with Crippen molar-refractivity contribution in [2.75, 3.05) is 5.32 Å². The van der Waals surface area contributed by atoms with Gasteiger partial charge in [-0.15, -0.1) is 0 Å². The lowest BCUT2D eigenvalue weighted by Gasteiger charge is -2.37. The molecule has 1 aromatic rings. The molecule has 1 aliphatic carbocycles. The van der Waals surface area contributed by atoms with Gasteiger partial charge >= 0.3 is 0 Å². The molecule has 1 fully saturated rings. The number of nitrogens with one attached hydrogen (secondary N) is 1. The molecule has 92 valence electrons. The molecule has 0 heterocycles. The van der Waals surface area contributed by atoms with Crippen LogP contribution in [0.3, 0.4) is 0 Å². The number of hydrogen-bond donors (Lipinski definition) is 2. The number of para-hydroxylation sites is 1. The number of rotatable bonds is 4. The Bertz CT molecular complexity index is 410. The number of amides is 1. The quantitative estimate of drug-likeness (QED) is 0.837. The number of aryl methyl sites for hydroxylation is 1. The van der Waals surface area contributed by atoms with Crippen LogP contribution in [-0.4, -0.2) is 11.4 Å². The van der Waals surface area contributed by atoms with Crippen LogP contribution in [0.4, 0.5) is 5.69 Å². The molecule has 3 N–H and O–H groups in total. The van der Waals surface area contributed by atoms with Crippen molar-refractivity contribution in [3.63, 3.8) is 0 Å². The smallest absolute Gasteiger partial charge is 0.226 e. The summed E-state index contributed by atoms with van der Waals surface area (Å²) < 4.78 is 0. The Morgan fingerprint density at radius 3 is 2.71 bits per heavy atom. The summed E-state index contributed by atoms with van der Waals surface area (Å²) in [5.74, 6) is 0.0353. The average molecular weight is 232 g/mol. The third-order valence-corrected chi connectivity index (χ3v) is 3.53. The van der Waals surface area contributed by atoms with Crippen LogP contribution in [0, 0.1) is 0 Å². The molecule has 17 heavy (non-hydrogen) atoms. The standard InChI is InChI=1S/C14H20N2O/c1-2-11-6-3-4-7-12(11)16-13(17)10-14(15)8-5-9-14/h3-4,6-7H,2,5,8-10,15H2,1H3,(H,16,17). The van der Waals surface area contributed by atoms with Crippen molar-refractivity contribution in [1.82, 2.24) is 0 Å². The summed E-state index contributed by atoms with van der Waals surface area (Å²) in [7, 11) is 0. The molecule has 0 atom stereocenters. The van der Waals surface area contributed by atoms with Gasteiger partial charge in [0.1, 0.15) is 0 Å². The molecular formula is C14H20N2O. The molecule has 0 spiro atoms. The zero-order chi connectivity index (χ0) is 12.3. The summed E-state index contributed by atoms with van der Waals surface area (Å²) in [5.41, 5.74) is 7.91. The van der Waals surface area contributed by atoms with Crippen molar-refractivity contribution >= 4 is 11.6 Å². The molecule has 0 saturated heterocycles. The molecule has 0 bridgehead atoms. The monoisotopic (exact) mass is 232 g/mol. The summed E-state index contributed by atoms with van der Waals surface area (Å²) in [6, 6.07) is 7.92. The van der Waals surface area contributed by atoms with E-state index in [2.05, 4.69) is 12.2 Å². The lowest BCUT2D eigenvalue weighted by Crippen LogP contribution is -2.48. The lowest BCUT2D eigenvalue weighted by molar-refractivity contribution is -0.118. The summed E-state index contributed by atoms with van der Waals surface area (Å²) >= 11 is 0. The number of nitrogens with two attached hydrogens (primary N) is 1. The molecule has 1 amide bonds. The minimum absolute atomic E-state index is 0.0353. The zero-order valence-corrected chi connectivity index (χ0v) is 10.3. The van der Waals surface area contributed by atoms with E-state index >= 15 is 0 Å². The van der Waals surface area contributed by atoms with Crippen molar-refractivity contribution < 1.29 is 4.79 Å². The first-order valence-electron chi connectivity index (χ1n) is 6.30. The van der Waals surface area contributed by atoms with Gasteiger partial charge in [-0.25, -0.2) is 0 Å². The van der Waals surface area contributed by atoms with Crippen LogP contribution in [0.1, 0.15) is 38.2 Å². The fourth-order valence-corrected chi connectivity index (χ4v) is 2.27. The predicted octanol–water partition coefficient (Wildman–Crippen LogP) is 2.46. The van der Waals surface area contributed by atoms with Crippen molar-refractivity contribution in [2.45, 2.75) is 44.6 Å². The number of anilines is 1. The minimum atomic E-state index is -0.245. The second-order valence-corrected chi connectivity index (χ2v) is 4.95. The van der Waals surface area contributed by atoms with Gasteiger partial charge in [0.15, 0.2) is 0 Å². The Labute approximate surface area is 102 Å². The molecule has 1 saturated carbocycles. The number of hydrogen-bond acceptors (Lipinski definition) is 2. The third kappa shape index (κ3) is 2.86. The van der Waals surface area contributed by atoms with Gasteiger partial charge in [0.05, 0.1) is 0 Å². The number of benzene rings is 1. The van der Waals surface area contributed by atoms with E-state index in [9.17, 15) is 4.79 Å². The van der Waals surface area contributed by atoms with E-state index in [1.165, 1.54) is 5.56 Å². The summed E-state index contributed by atoms with van der Waals surface area (Å²) in [6.45, 7) is 2.08. The fraction of sp³-hybridized carbons (Fsp3) is 0.500. The normalized spacial score (nSPS) is 17.3. The van der Waals surface area contributed by atoms with Crippen LogP contribution < -0.4 is 11.1 Å². The molecule has 1 aromatic carbocycles. The minimum Gasteiger partial charge on any atom is -0.326 e. The second-order valence-electron chi connectivity index (χ2n) is 4.95. The first kappa shape index (κ1) is 12.1. The van der Waals surface area contributed by atoms with Crippen LogP contribution in [0.25, 0.3) is 0 Å². The van der Waals surface area contributed by atoms with E-state index < -0.39 is 0 Å². The SMILES string of the molecule is CCc1ccccc1NC(=O)CC1(N)CCC1. The van der Waals surface area contributed by atoms with E-state index in [0.717, 1.165) is 31.4 Å². The first-order valence-corrected chi connectivity index (χ1v) is 6.30. The number of carbonyl (C=O) groups excluding carboxylic acids is 1. The molecule has 2 rings (SSSR count). The van der Waals surface area contributed by atoms with E-state index in [1.807, 2.05) is 24.3 Å². The molecule has 0 radical (unpaired) electrons. The molecule has 1 aliphatic rings. The molecule has 0 unspecified atom stereocenters. The van der Waals surface area contributed by atoms with E-state index in [0.29, 0.717) is 6.42 Å². The summed E-state index contributed by atoms with van der Waals surface area (Å²) in [5, 5.41) is 2.97. The maximum atomic E-state index is 11.9. The van der Waals surface area contributed by atoms with Gasteiger partial charge in [0.25, 0.3) is 0 Å². The average Bonchev–Trinajstić information content (AvgIpc) is 2.27. The Kier molecular flexibility index (Phi) is 3.48.